The normalized spacial score (nSPS) is 34.9. The highest BCUT2D eigenvalue weighted by atomic mass is 15.2. The van der Waals surface area contributed by atoms with Crippen molar-refractivity contribution >= 4 is 0 Å². The Morgan fingerprint density at radius 2 is 1.79 bits per heavy atom. The summed E-state index contributed by atoms with van der Waals surface area (Å²) >= 11 is 0. The molecule has 2 aliphatic rings. The fourth-order valence-electron chi connectivity index (χ4n) is 3.92. The Morgan fingerprint density at radius 3 is 2.42 bits per heavy atom. The Balaban J connectivity index is 1.82. The van der Waals surface area contributed by atoms with Gasteiger partial charge >= 0.3 is 0 Å². The Hall–Kier alpha value is -0.120. The third-order valence-electron chi connectivity index (χ3n) is 5.51. The maximum atomic E-state index is 6.37. The third-order valence-corrected chi connectivity index (χ3v) is 5.51. The van der Waals surface area contributed by atoms with Crippen molar-refractivity contribution in [3.8, 4) is 0 Å². The van der Waals surface area contributed by atoms with E-state index < -0.39 is 0 Å². The first-order valence-electron chi connectivity index (χ1n) is 8.24. The van der Waals surface area contributed by atoms with Crippen LogP contribution in [-0.2, 0) is 0 Å². The van der Waals surface area contributed by atoms with E-state index in [4.69, 9.17) is 5.73 Å². The predicted octanol–water partition coefficient (Wildman–Crippen LogP) is 2.17. The van der Waals surface area contributed by atoms with E-state index in [1.165, 1.54) is 58.2 Å². The molecular weight excluding hydrogens is 234 g/mol. The minimum atomic E-state index is 0.402. The summed E-state index contributed by atoms with van der Waals surface area (Å²) in [6.07, 6.45) is 7.93. The van der Waals surface area contributed by atoms with Crippen LogP contribution in [0.3, 0.4) is 0 Å². The maximum absolute atomic E-state index is 6.37. The first-order chi connectivity index (χ1) is 9.10. The molecule has 3 nitrogen and oxygen atoms in total. The van der Waals surface area contributed by atoms with Crippen LogP contribution in [0.2, 0.25) is 0 Å². The molecule has 0 aromatic rings. The molecule has 0 aromatic heterocycles. The van der Waals surface area contributed by atoms with Crippen LogP contribution in [0.1, 0.15) is 45.4 Å². The number of nitrogens with two attached hydrogens (primary N) is 1. The second kappa shape index (κ2) is 7.05. The molecule has 3 atom stereocenters. The molecule has 2 N–H and O–H groups in total. The van der Waals surface area contributed by atoms with Crippen molar-refractivity contribution in [1.29, 1.82) is 0 Å². The molecule has 0 aromatic carbocycles. The highest BCUT2D eigenvalue weighted by Crippen LogP contribution is 2.29. The summed E-state index contributed by atoms with van der Waals surface area (Å²) < 4.78 is 0. The number of likely N-dealkylation sites (tertiary alicyclic amines) is 1. The van der Waals surface area contributed by atoms with E-state index in [9.17, 15) is 0 Å². The minimum absolute atomic E-state index is 0.402. The van der Waals surface area contributed by atoms with Crippen molar-refractivity contribution in [3.63, 3.8) is 0 Å². The lowest BCUT2D eigenvalue weighted by atomic mass is 9.80. The maximum Gasteiger partial charge on any atom is 0.0246 e. The smallest absolute Gasteiger partial charge is 0.0246 e. The van der Waals surface area contributed by atoms with Gasteiger partial charge in [0, 0.05) is 18.6 Å². The van der Waals surface area contributed by atoms with Gasteiger partial charge in [0.2, 0.25) is 0 Å². The van der Waals surface area contributed by atoms with Gasteiger partial charge in [-0.15, -0.1) is 0 Å². The summed E-state index contributed by atoms with van der Waals surface area (Å²) in [7, 11) is 4.55. The van der Waals surface area contributed by atoms with E-state index in [2.05, 4.69) is 30.8 Å². The van der Waals surface area contributed by atoms with Gasteiger partial charge in [0.25, 0.3) is 0 Å². The fourth-order valence-corrected chi connectivity index (χ4v) is 3.92. The van der Waals surface area contributed by atoms with Gasteiger partial charge in [0.05, 0.1) is 0 Å². The topological polar surface area (TPSA) is 32.5 Å². The standard InChI is InChI=1S/C16H33N3/c1-4-13-5-6-15(17)16(11-13)19(3)12-14-7-9-18(2)10-8-14/h13-16H,4-12,17H2,1-3H3. The number of likely N-dealkylation sites (N-methyl/N-ethyl adjacent to an activating group) is 1. The van der Waals surface area contributed by atoms with Gasteiger partial charge in [0.15, 0.2) is 0 Å². The highest BCUT2D eigenvalue weighted by molar-refractivity contribution is 4.89. The number of nitrogens with zero attached hydrogens (tertiary/aromatic N) is 2. The van der Waals surface area contributed by atoms with Crippen LogP contribution in [0.15, 0.2) is 0 Å². The van der Waals surface area contributed by atoms with Gasteiger partial charge in [-0.1, -0.05) is 13.3 Å². The van der Waals surface area contributed by atoms with Gasteiger partial charge in [-0.2, -0.15) is 0 Å². The highest BCUT2D eigenvalue weighted by Gasteiger charge is 2.31. The Bertz CT molecular complexity index is 261. The van der Waals surface area contributed by atoms with Crippen molar-refractivity contribution in [1.82, 2.24) is 9.80 Å². The van der Waals surface area contributed by atoms with Crippen LogP contribution in [0.5, 0.6) is 0 Å². The summed E-state index contributed by atoms with van der Waals surface area (Å²) in [6, 6.07) is 1.03. The lowest BCUT2D eigenvalue weighted by molar-refractivity contribution is 0.0999. The minimum Gasteiger partial charge on any atom is -0.326 e. The number of rotatable bonds is 4. The predicted molar refractivity (Wildman–Crippen MR) is 82.2 cm³/mol. The van der Waals surface area contributed by atoms with Crippen LogP contribution in [0, 0.1) is 11.8 Å². The average molecular weight is 267 g/mol. The monoisotopic (exact) mass is 267 g/mol. The molecule has 1 saturated heterocycles. The van der Waals surface area contributed by atoms with Gasteiger partial charge in [0.1, 0.15) is 0 Å². The van der Waals surface area contributed by atoms with E-state index in [1.54, 1.807) is 0 Å². The molecule has 0 bridgehead atoms. The lowest BCUT2D eigenvalue weighted by Crippen LogP contribution is -2.51. The molecule has 19 heavy (non-hydrogen) atoms. The summed E-state index contributed by atoms with van der Waals surface area (Å²) in [5, 5.41) is 0. The largest absolute Gasteiger partial charge is 0.326 e. The number of hydrogen-bond donors (Lipinski definition) is 1. The van der Waals surface area contributed by atoms with E-state index in [-0.39, 0.29) is 0 Å². The van der Waals surface area contributed by atoms with Crippen molar-refractivity contribution in [2.24, 2.45) is 17.6 Å². The third kappa shape index (κ3) is 4.17. The summed E-state index contributed by atoms with van der Waals surface area (Å²) in [5.41, 5.74) is 6.37. The Morgan fingerprint density at radius 1 is 1.11 bits per heavy atom. The van der Waals surface area contributed by atoms with Crippen molar-refractivity contribution in [2.45, 2.75) is 57.5 Å². The molecule has 1 aliphatic heterocycles. The van der Waals surface area contributed by atoms with Crippen molar-refractivity contribution in [2.75, 3.05) is 33.7 Å². The molecule has 1 aliphatic carbocycles. The molecule has 1 saturated carbocycles. The Kier molecular flexibility index (Phi) is 5.67. The quantitative estimate of drug-likeness (QED) is 0.847. The molecular formula is C16H33N3. The molecule has 2 rings (SSSR count). The van der Waals surface area contributed by atoms with Crippen LogP contribution < -0.4 is 5.73 Å². The fraction of sp³-hybridized carbons (Fsp3) is 1.00. The van der Waals surface area contributed by atoms with Crippen molar-refractivity contribution in [3.05, 3.63) is 0 Å². The Labute approximate surface area is 119 Å². The summed E-state index contributed by atoms with van der Waals surface area (Å²) in [5.74, 6) is 1.79. The molecule has 0 spiro atoms. The van der Waals surface area contributed by atoms with E-state index in [0.717, 1.165) is 11.8 Å². The van der Waals surface area contributed by atoms with E-state index in [0.29, 0.717) is 12.1 Å². The zero-order chi connectivity index (χ0) is 13.8. The molecule has 3 unspecified atom stereocenters. The number of hydrogen-bond acceptors (Lipinski definition) is 3. The van der Waals surface area contributed by atoms with E-state index in [1.807, 2.05) is 0 Å². The molecule has 0 amide bonds. The van der Waals surface area contributed by atoms with Gasteiger partial charge in [-0.25, -0.2) is 0 Å². The van der Waals surface area contributed by atoms with Crippen molar-refractivity contribution < 1.29 is 0 Å². The average Bonchev–Trinajstić information content (AvgIpc) is 2.42. The molecule has 112 valence electrons. The molecule has 3 heteroatoms. The van der Waals surface area contributed by atoms with Gasteiger partial charge in [-0.3, -0.25) is 0 Å². The van der Waals surface area contributed by atoms with Gasteiger partial charge in [-0.05, 0) is 71.1 Å². The first-order valence-corrected chi connectivity index (χ1v) is 8.24. The number of piperidine rings is 1. The summed E-state index contributed by atoms with van der Waals surface area (Å²) in [4.78, 5) is 5.04. The van der Waals surface area contributed by atoms with Crippen LogP contribution in [0.4, 0.5) is 0 Å². The van der Waals surface area contributed by atoms with Crippen LogP contribution >= 0.6 is 0 Å². The second-order valence-corrected chi connectivity index (χ2v) is 7.00. The molecule has 2 fully saturated rings. The van der Waals surface area contributed by atoms with Crippen LogP contribution in [-0.4, -0.2) is 55.6 Å². The SMILES string of the molecule is CCC1CCC(N)C(N(C)CC2CCN(C)CC2)C1. The van der Waals surface area contributed by atoms with Crippen LogP contribution in [0.25, 0.3) is 0 Å². The molecule has 0 radical (unpaired) electrons. The zero-order valence-corrected chi connectivity index (χ0v) is 13.1. The zero-order valence-electron chi connectivity index (χ0n) is 13.1. The summed E-state index contributed by atoms with van der Waals surface area (Å²) in [6.45, 7) is 6.12. The first kappa shape index (κ1) is 15.3. The molecule has 1 heterocycles. The van der Waals surface area contributed by atoms with Gasteiger partial charge < -0.3 is 15.5 Å². The van der Waals surface area contributed by atoms with E-state index >= 15 is 0 Å². The lowest BCUT2D eigenvalue weighted by Gasteiger charge is -2.41. The second-order valence-electron chi connectivity index (χ2n) is 7.00.